The van der Waals surface area contributed by atoms with Crippen LogP contribution in [-0.2, 0) is 4.74 Å². The molecule has 2 atom stereocenters. The summed E-state index contributed by atoms with van der Waals surface area (Å²) in [6.07, 6.45) is 5.65. The molecule has 1 fully saturated rings. The quantitative estimate of drug-likeness (QED) is 0.631. The van der Waals surface area contributed by atoms with E-state index in [1.54, 1.807) is 0 Å². The number of unbranched alkanes of at least 4 members (excludes halogenated alkanes) is 1. The van der Waals surface area contributed by atoms with E-state index in [1.165, 1.54) is 25.7 Å². The molecule has 1 aliphatic rings. The van der Waals surface area contributed by atoms with Gasteiger partial charge in [-0.2, -0.15) is 0 Å². The average Bonchev–Trinajstić information content (AvgIpc) is 2.22. The van der Waals surface area contributed by atoms with Crippen molar-refractivity contribution in [2.24, 2.45) is 5.92 Å². The summed E-state index contributed by atoms with van der Waals surface area (Å²) >= 11 is 0. The molecule has 0 aliphatic carbocycles. The van der Waals surface area contributed by atoms with Crippen molar-refractivity contribution in [2.45, 2.75) is 65.1 Å². The van der Waals surface area contributed by atoms with Crippen molar-refractivity contribution in [1.82, 2.24) is 0 Å². The van der Waals surface area contributed by atoms with Gasteiger partial charge >= 0.3 is 0 Å². The van der Waals surface area contributed by atoms with Crippen LogP contribution in [0.15, 0.2) is 0 Å². The topological polar surface area (TPSA) is 9.23 Å². The molecule has 0 aromatic rings. The second-order valence-corrected chi connectivity index (χ2v) is 4.62. The van der Waals surface area contributed by atoms with Crippen LogP contribution in [0.5, 0.6) is 0 Å². The molecular weight excluding hydrogens is 148 g/mol. The maximum absolute atomic E-state index is 5.96. The van der Waals surface area contributed by atoms with Crippen molar-refractivity contribution in [3.8, 4) is 0 Å². The van der Waals surface area contributed by atoms with Gasteiger partial charge in [-0.05, 0) is 32.6 Å². The molecule has 0 bridgehead atoms. The second-order valence-electron chi connectivity index (χ2n) is 4.62. The van der Waals surface area contributed by atoms with Crippen molar-refractivity contribution in [3.05, 3.63) is 0 Å². The Labute approximate surface area is 76.5 Å². The molecule has 1 rings (SSSR count). The fraction of sp³-hybridized carbons (Fsp3) is 1.00. The van der Waals surface area contributed by atoms with E-state index in [1.807, 2.05) is 0 Å². The highest BCUT2D eigenvalue weighted by atomic mass is 16.5. The zero-order valence-electron chi connectivity index (χ0n) is 8.89. The Kier molecular flexibility index (Phi) is 3.16. The van der Waals surface area contributed by atoms with Gasteiger partial charge in [-0.1, -0.05) is 26.7 Å². The standard InChI is InChI=1S/C11H22O/c1-5-6-7-10-8-9(2)11(3,4)12-10/h9-10H,5-8H2,1-4H3/t9-,10-/m0/s1. The minimum Gasteiger partial charge on any atom is -0.372 e. The Bertz CT molecular complexity index is 140. The summed E-state index contributed by atoms with van der Waals surface area (Å²) in [5.41, 5.74) is 0.123. The van der Waals surface area contributed by atoms with Crippen LogP contribution in [0.1, 0.15) is 53.4 Å². The van der Waals surface area contributed by atoms with Crippen LogP contribution in [-0.4, -0.2) is 11.7 Å². The van der Waals surface area contributed by atoms with Gasteiger partial charge in [0.15, 0.2) is 0 Å². The molecule has 0 aromatic carbocycles. The molecule has 0 amide bonds. The minimum absolute atomic E-state index is 0.123. The molecular formula is C11H22O. The lowest BCUT2D eigenvalue weighted by Crippen LogP contribution is -2.25. The average molecular weight is 170 g/mol. The summed E-state index contributed by atoms with van der Waals surface area (Å²) in [6.45, 7) is 8.96. The van der Waals surface area contributed by atoms with Crippen LogP contribution in [0, 0.1) is 5.92 Å². The summed E-state index contributed by atoms with van der Waals surface area (Å²) < 4.78 is 5.96. The first-order valence-electron chi connectivity index (χ1n) is 5.24. The normalized spacial score (nSPS) is 34.0. The molecule has 1 aliphatic heterocycles. The van der Waals surface area contributed by atoms with E-state index in [0.29, 0.717) is 6.10 Å². The van der Waals surface area contributed by atoms with Gasteiger partial charge in [0.2, 0.25) is 0 Å². The smallest absolute Gasteiger partial charge is 0.0656 e. The Morgan fingerprint density at radius 1 is 1.42 bits per heavy atom. The zero-order chi connectivity index (χ0) is 9.19. The van der Waals surface area contributed by atoms with Gasteiger partial charge in [0.05, 0.1) is 11.7 Å². The van der Waals surface area contributed by atoms with Gasteiger partial charge in [-0.15, -0.1) is 0 Å². The third-order valence-electron chi connectivity index (χ3n) is 3.15. The maximum Gasteiger partial charge on any atom is 0.0656 e. The molecule has 0 spiro atoms. The third-order valence-corrected chi connectivity index (χ3v) is 3.15. The van der Waals surface area contributed by atoms with Gasteiger partial charge in [-0.3, -0.25) is 0 Å². The van der Waals surface area contributed by atoms with Gasteiger partial charge in [0, 0.05) is 0 Å². The van der Waals surface area contributed by atoms with E-state index in [0.717, 1.165) is 5.92 Å². The molecule has 0 unspecified atom stereocenters. The highest BCUT2D eigenvalue weighted by Gasteiger charge is 2.37. The van der Waals surface area contributed by atoms with Crippen molar-refractivity contribution >= 4 is 0 Å². The summed E-state index contributed by atoms with van der Waals surface area (Å²) in [5, 5.41) is 0. The SMILES string of the molecule is CCCC[C@H]1C[C@H](C)C(C)(C)O1. The summed E-state index contributed by atoms with van der Waals surface area (Å²) in [4.78, 5) is 0. The van der Waals surface area contributed by atoms with E-state index >= 15 is 0 Å². The van der Waals surface area contributed by atoms with Gasteiger partial charge in [-0.25, -0.2) is 0 Å². The van der Waals surface area contributed by atoms with Crippen LogP contribution in [0.4, 0.5) is 0 Å². The molecule has 1 saturated heterocycles. The van der Waals surface area contributed by atoms with Crippen LogP contribution in [0.2, 0.25) is 0 Å². The molecule has 1 heteroatoms. The van der Waals surface area contributed by atoms with Crippen molar-refractivity contribution in [1.29, 1.82) is 0 Å². The van der Waals surface area contributed by atoms with E-state index < -0.39 is 0 Å². The van der Waals surface area contributed by atoms with E-state index in [9.17, 15) is 0 Å². The largest absolute Gasteiger partial charge is 0.372 e. The lowest BCUT2D eigenvalue weighted by Gasteiger charge is -2.23. The highest BCUT2D eigenvalue weighted by molar-refractivity contribution is 4.86. The number of rotatable bonds is 3. The first-order valence-corrected chi connectivity index (χ1v) is 5.24. The van der Waals surface area contributed by atoms with Gasteiger partial charge < -0.3 is 4.74 Å². The Morgan fingerprint density at radius 2 is 2.08 bits per heavy atom. The molecule has 1 heterocycles. The van der Waals surface area contributed by atoms with Crippen LogP contribution in [0.3, 0.4) is 0 Å². The van der Waals surface area contributed by atoms with Gasteiger partial charge in [0.1, 0.15) is 0 Å². The first-order chi connectivity index (χ1) is 5.56. The van der Waals surface area contributed by atoms with Crippen LogP contribution in [0.25, 0.3) is 0 Å². The van der Waals surface area contributed by atoms with Crippen molar-refractivity contribution in [3.63, 3.8) is 0 Å². The summed E-state index contributed by atoms with van der Waals surface area (Å²) in [6, 6.07) is 0. The van der Waals surface area contributed by atoms with Crippen LogP contribution >= 0.6 is 0 Å². The molecule has 12 heavy (non-hydrogen) atoms. The first kappa shape index (κ1) is 10.0. The Hall–Kier alpha value is -0.0400. The molecule has 0 saturated carbocycles. The Morgan fingerprint density at radius 3 is 2.50 bits per heavy atom. The Balaban J connectivity index is 2.33. The molecule has 72 valence electrons. The van der Waals surface area contributed by atoms with Crippen molar-refractivity contribution in [2.75, 3.05) is 0 Å². The van der Waals surface area contributed by atoms with E-state index in [4.69, 9.17) is 4.74 Å². The van der Waals surface area contributed by atoms with Gasteiger partial charge in [0.25, 0.3) is 0 Å². The number of hydrogen-bond acceptors (Lipinski definition) is 1. The second kappa shape index (κ2) is 3.78. The highest BCUT2D eigenvalue weighted by Crippen LogP contribution is 2.36. The maximum atomic E-state index is 5.96. The van der Waals surface area contributed by atoms with Crippen LogP contribution < -0.4 is 0 Å². The monoisotopic (exact) mass is 170 g/mol. The zero-order valence-corrected chi connectivity index (χ0v) is 8.89. The minimum atomic E-state index is 0.123. The molecule has 1 nitrogen and oxygen atoms in total. The molecule has 0 N–H and O–H groups in total. The summed E-state index contributed by atoms with van der Waals surface area (Å²) in [7, 11) is 0. The van der Waals surface area contributed by atoms with E-state index in [-0.39, 0.29) is 5.60 Å². The fourth-order valence-electron chi connectivity index (χ4n) is 1.88. The molecule has 0 aromatic heterocycles. The molecule has 0 radical (unpaired) electrons. The number of ether oxygens (including phenoxy) is 1. The fourth-order valence-corrected chi connectivity index (χ4v) is 1.88. The third kappa shape index (κ3) is 2.22. The lowest BCUT2D eigenvalue weighted by atomic mass is 9.91. The van der Waals surface area contributed by atoms with E-state index in [2.05, 4.69) is 27.7 Å². The number of hydrogen-bond donors (Lipinski definition) is 0. The van der Waals surface area contributed by atoms with Crippen molar-refractivity contribution < 1.29 is 4.74 Å². The summed E-state index contributed by atoms with van der Waals surface area (Å²) in [5.74, 6) is 0.722. The predicted octanol–water partition coefficient (Wildman–Crippen LogP) is 3.38. The predicted molar refractivity (Wildman–Crippen MR) is 52.3 cm³/mol. The lowest BCUT2D eigenvalue weighted by molar-refractivity contribution is -0.0320.